The highest BCUT2D eigenvalue weighted by Crippen LogP contribution is 2.48. The molecule has 27 heavy (non-hydrogen) atoms. The number of halogens is 1. The molecule has 1 N–H and O–H groups in total. The summed E-state index contributed by atoms with van der Waals surface area (Å²) in [7, 11) is 0. The standard InChI is InChI=1S/C22H26ClNO3/c1-12(2)27-21(26)18-13(3)24-16-10-22(4,5)11-17(25)20(16)19(18)14-6-8-15(23)9-7-14/h6-9,12,18-19,24H,3,10-11H2,1-2,4-5H3. The topological polar surface area (TPSA) is 55.4 Å². The summed E-state index contributed by atoms with van der Waals surface area (Å²) >= 11 is 6.05. The molecule has 144 valence electrons. The second-order valence-corrected chi connectivity index (χ2v) is 8.91. The van der Waals surface area contributed by atoms with Crippen LogP contribution in [0.25, 0.3) is 0 Å². The molecule has 1 aromatic carbocycles. The molecule has 2 atom stereocenters. The minimum absolute atomic E-state index is 0.0727. The lowest BCUT2D eigenvalue weighted by atomic mass is 9.66. The molecule has 0 aromatic heterocycles. The highest BCUT2D eigenvalue weighted by Gasteiger charge is 2.46. The van der Waals surface area contributed by atoms with Crippen molar-refractivity contribution in [3.8, 4) is 0 Å². The Hall–Kier alpha value is -2.07. The average molecular weight is 388 g/mol. The highest BCUT2D eigenvalue weighted by molar-refractivity contribution is 6.30. The number of ketones is 1. The monoisotopic (exact) mass is 387 g/mol. The Morgan fingerprint density at radius 3 is 2.48 bits per heavy atom. The van der Waals surface area contributed by atoms with Crippen LogP contribution in [0.5, 0.6) is 0 Å². The number of carbonyl (C=O) groups excluding carboxylic acids is 2. The van der Waals surface area contributed by atoms with Crippen molar-refractivity contribution >= 4 is 23.4 Å². The van der Waals surface area contributed by atoms with Gasteiger partial charge in [-0.25, -0.2) is 0 Å². The fourth-order valence-corrected chi connectivity index (χ4v) is 4.19. The molecule has 1 aromatic rings. The zero-order valence-corrected chi connectivity index (χ0v) is 17.0. The van der Waals surface area contributed by atoms with Crippen molar-refractivity contribution in [1.82, 2.24) is 5.32 Å². The molecule has 3 rings (SSSR count). The number of hydrogen-bond donors (Lipinski definition) is 1. The SMILES string of the molecule is C=C1NC2=C(C(=O)CC(C)(C)C2)C(c2ccc(Cl)cc2)C1C(=O)OC(C)C. The van der Waals surface area contributed by atoms with Gasteiger partial charge >= 0.3 is 5.97 Å². The van der Waals surface area contributed by atoms with E-state index in [9.17, 15) is 9.59 Å². The van der Waals surface area contributed by atoms with Gasteiger partial charge in [0, 0.05) is 34.3 Å². The molecular formula is C22H26ClNO3. The molecule has 0 bridgehead atoms. The molecule has 0 spiro atoms. The van der Waals surface area contributed by atoms with Gasteiger partial charge in [-0.15, -0.1) is 0 Å². The summed E-state index contributed by atoms with van der Waals surface area (Å²) in [5.41, 5.74) is 2.86. The molecule has 2 unspecified atom stereocenters. The van der Waals surface area contributed by atoms with Crippen molar-refractivity contribution in [2.75, 3.05) is 0 Å². The van der Waals surface area contributed by atoms with Crippen molar-refractivity contribution in [3.63, 3.8) is 0 Å². The fraction of sp³-hybridized carbons (Fsp3) is 0.455. The van der Waals surface area contributed by atoms with Gasteiger partial charge in [-0.05, 0) is 43.4 Å². The van der Waals surface area contributed by atoms with Crippen molar-refractivity contribution in [2.24, 2.45) is 11.3 Å². The van der Waals surface area contributed by atoms with E-state index in [1.807, 2.05) is 26.0 Å². The first-order chi connectivity index (χ1) is 12.6. The number of nitrogens with one attached hydrogen (secondary N) is 1. The van der Waals surface area contributed by atoms with E-state index in [4.69, 9.17) is 16.3 Å². The minimum Gasteiger partial charge on any atom is -0.462 e. The predicted octanol–water partition coefficient (Wildman–Crippen LogP) is 4.75. The maximum Gasteiger partial charge on any atom is 0.316 e. The summed E-state index contributed by atoms with van der Waals surface area (Å²) in [5, 5.41) is 3.87. The number of hydrogen-bond acceptors (Lipinski definition) is 4. The van der Waals surface area contributed by atoms with Gasteiger partial charge in [-0.3, -0.25) is 9.59 Å². The van der Waals surface area contributed by atoms with E-state index < -0.39 is 11.8 Å². The predicted molar refractivity (Wildman–Crippen MR) is 106 cm³/mol. The van der Waals surface area contributed by atoms with Crippen LogP contribution in [-0.2, 0) is 14.3 Å². The van der Waals surface area contributed by atoms with Gasteiger partial charge in [0.25, 0.3) is 0 Å². The molecule has 1 aliphatic heterocycles. The largest absolute Gasteiger partial charge is 0.462 e. The maximum absolute atomic E-state index is 13.1. The van der Waals surface area contributed by atoms with E-state index in [1.165, 1.54) is 0 Å². The first-order valence-corrected chi connectivity index (χ1v) is 9.65. The number of Topliss-reactive ketones (excluding diaryl/α,β-unsaturated/α-hetero) is 1. The normalized spacial score (nSPS) is 24.5. The minimum atomic E-state index is -0.655. The van der Waals surface area contributed by atoms with Gasteiger partial charge in [-0.2, -0.15) is 0 Å². The maximum atomic E-state index is 13.1. The molecule has 0 fully saturated rings. The Labute approximate surface area is 165 Å². The molecule has 0 saturated heterocycles. The summed E-state index contributed by atoms with van der Waals surface area (Å²) < 4.78 is 5.49. The van der Waals surface area contributed by atoms with Gasteiger partial charge in [0.05, 0.1) is 6.10 Å². The zero-order valence-electron chi connectivity index (χ0n) is 16.3. The van der Waals surface area contributed by atoms with Crippen LogP contribution in [0, 0.1) is 11.3 Å². The Morgan fingerprint density at radius 1 is 1.26 bits per heavy atom. The number of benzene rings is 1. The van der Waals surface area contributed by atoms with Crippen molar-refractivity contribution in [3.05, 3.63) is 58.4 Å². The molecule has 2 aliphatic rings. The van der Waals surface area contributed by atoms with Crippen LogP contribution in [0.15, 0.2) is 47.8 Å². The van der Waals surface area contributed by atoms with E-state index in [2.05, 4.69) is 25.7 Å². The van der Waals surface area contributed by atoms with E-state index in [0.717, 1.165) is 17.7 Å². The quantitative estimate of drug-likeness (QED) is 0.760. The van der Waals surface area contributed by atoms with Gasteiger partial charge in [0.1, 0.15) is 5.92 Å². The molecular weight excluding hydrogens is 362 g/mol. The summed E-state index contributed by atoms with van der Waals surface area (Å²) in [6.07, 6.45) is 0.951. The lowest BCUT2D eigenvalue weighted by Crippen LogP contribution is -2.44. The molecule has 1 aliphatic carbocycles. The van der Waals surface area contributed by atoms with Crippen LogP contribution in [0.2, 0.25) is 5.02 Å². The van der Waals surface area contributed by atoms with E-state index >= 15 is 0 Å². The third-order valence-corrected chi connectivity index (χ3v) is 5.34. The van der Waals surface area contributed by atoms with Crippen LogP contribution >= 0.6 is 11.6 Å². The van der Waals surface area contributed by atoms with Crippen molar-refractivity contribution in [1.29, 1.82) is 0 Å². The Bertz CT molecular complexity index is 820. The molecule has 0 radical (unpaired) electrons. The molecule has 0 amide bonds. The Balaban J connectivity index is 2.14. The molecule has 1 heterocycles. The number of allylic oxidation sites excluding steroid dienone is 2. The third-order valence-electron chi connectivity index (χ3n) is 5.09. The second kappa shape index (κ2) is 7.16. The van der Waals surface area contributed by atoms with Gasteiger partial charge in [0.2, 0.25) is 0 Å². The lowest BCUT2D eigenvalue weighted by Gasteiger charge is -2.42. The van der Waals surface area contributed by atoms with Crippen molar-refractivity contribution < 1.29 is 14.3 Å². The van der Waals surface area contributed by atoms with Crippen LogP contribution in [0.3, 0.4) is 0 Å². The average Bonchev–Trinajstić information content (AvgIpc) is 2.52. The van der Waals surface area contributed by atoms with Gasteiger partial charge in [0.15, 0.2) is 5.78 Å². The van der Waals surface area contributed by atoms with E-state index in [1.54, 1.807) is 12.1 Å². The smallest absolute Gasteiger partial charge is 0.316 e. The summed E-state index contributed by atoms with van der Waals surface area (Å²) in [4.78, 5) is 26.0. The van der Waals surface area contributed by atoms with E-state index in [-0.39, 0.29) is 23.3 Å². The summed E-state index contributed by atoms with van der Waals surface area (Å²) in [6, 6.07) is 7.31. The number of rotatable bonds is 3. The third kappa shape index (κ3) is 3.96. The lowest BCUT2D eigenvalue weighted by molar-refractivity contribution is -0.151. The first kappa shape index (κ1) is 19.7. The van der Waals surface area contributed by atoms with Crippen LogP contribution in [0.4, 0.5) is 0 Å². The van der Waals surface area contributed by atoms with Gasteiger partial charge in [-0.1, -0.05) is 44.2 Å². The van der Waals surface area contributed by atoms with Crippen LogP contribution in [-0.4, -0.2) is 17.9 Å². The number of ether oxygens (including phenoxy) is 1. The summed E-state index contributed by atoms with van der Waals surface area (Å²) in [6.45, 7) is 11.9. The first-order valence-electron chi connectivity index (χ1n) is 9.27. The number of carbonyl (C=O) groups is 2. The van der Waals surface area contributed by atoms with Crippen LogP contribution < -0.4 is 5.32 Å². The van der Waals surface area contributed by atoms with Crippen molar-refractivity contribution in [2.45, 2.75) is 52.6 Å². The molecule has 0 saturated carbocycles. The molecule has 4 nitrogen and oxygen atoms in total. The summed E-state index contributed by atoms with van der Waals surface area (Å²) in [5.74, 6) is -1.37. The Morgan fingerprint density at radius 2 is 1.89 bits per heavy atom. The number of esters is 1. The second-order valence-electron chi connectivity index (χ2n) is 8.48. The van der Waals surface area contributed by atoms with Crippen LogP contribution in [0.1, 0.15) is 52.0 Å². The molecule has 5 heteroatoms. The Kier molecular flexibility index (Phi) is 5.22. The van der Waals surface area contributed by atoms with E-state index in [0.29, 0.717) is 22.7 Å². The zero-order chi connectivity index (χ0) is 19.9. The fourth-order valence-electron chi connectivity index (χ4n) is 4.06. The van der Waals surface area contributed by atoms with Gasteiger partial charge < -0.3 is 10.1 Å². The highest BCUT2D eigenvalue weighted by atomic mass is 35.5.